The largest absolute Gasteiger partial charge is 0.453 e. The van der Waals surface area contributed by atoms with E-state index in [9.17, 15) is 0 Å². The molecule has 2 aliphatic rings. The van der Waals surface area contributed by atoms with E-state index in [1.807, 2.05) is 23.8 Å². The molecule has 0 unspecified atom stereocenters. The molecule has 0 amide bonds. The zero-order chi connectivity index (χ0) is 18.8. The maximum absolute atomic E-state index is 6.34. The van der Waals surface area contributed by atoms with Gasteiger partial charge in [0.05, 0.1) is 22.2 Å². The molecule has 0 saturated carbocycles. The van der Waals surface area contributed by atoms with Gasteiger partial charge in [-0.05, 0) is 50.7 Å². The summed E-state index contributed by atoms with van der Waals surface area (Å²) in [5.74, 6) is 0. The molecule has 140 valence electrons. The quantitative estimate of drug-likeness (QED) is 0.696. The highest BCUT2D eigenvalue weighted by atomic mass is 35.5. The van der Waals surface area contributed by atoms with Gasteiger partial charge in [-0.3, -0.25) is 4.98 Å². The van der Waals surface area contributed by atoms with Gasteiger partial charge in [-0.25, -0.2) is 0 Å². The number of rotatable bonds is 6. The first-order valence-electron chi connectivity index (χ1n) is 8.89. The molecule has 4 nitrogen and oxygen atoms in total. The van der Waals surface area contributed by atoms with E-state index in [-0.39, 0.29) is 0 Å². The van der Waals surface area contributed by atoms with Gasteiger partial charge in [-0.2, -0.15) is 0 Å². The highest BCUT2D eigenvalue weighted by Gasteiger charge is 2.16. The lowest BCUT2D eigenvalue weighted by atomic mass is 10.2. The van der Waals surface area contributed by atoms with Gasteiger partial charge in [0.2, 0.25) is 0 Å². The monoisotopic (exact) mass is 400 g/mol. The van der Waals surface area contributed by atoms with E-state index in [0.29, 0.717) is 11.6 Å². The summed E-state index contributed by atoms with van der Waals surface area (Å²) in [7, 11) is 4.13. The molecule has 0 N–H and O–H groups in total. The molecule has 2 aromatic heterocycles. The number of hydrogen-bond donors (Lipinski definition) is 0. The number of pyridine rings is 1. The number of thioether (sulfide) groups is 1. The van der Waals surface area contributed by atoms with E-state index in [1.54, 1.807) is 11.8 Å². The third-order valence-corrected chi connectivity index (χ3v) is 5.65. The first kappa shape index (κ1) is 18.6. The van der Waals surface area contributed by atoms with Crippen LogP contribution in [-0.2, 0) is 11.3 Å². The van der Waals surface area contributed by atoms with Crippen molar-refractivity contribution in [3.05, 3.63) is 62.3 Å². The van der Waals surface area contributed by atoms with Crippen molar-refractivity contribution < 1.29 is 9.15 Å². The van der Waals surface area contributed by atoms with Crippen LogP contribution in [0.1, 0.15) is 17.7 Å². The summed E-state index contributed by atoms with van der Waals surface area (Å²) < 4.78 is 12.0. The molecule has 6 heteroatoms. The SMILES string of the molecule is CN(C)CCCOCc1cc2c(cn1)=CC=Cc1c3c(oc1=2)=C(Cl)C=CS3. The van der Waals surface area contributed by atoms with Gasteiger partial charge in [-0.15, -0.1) is 0 Å². The third-order valence-electron chi connectivity index (χ3n) is 4.44. The van der Waals surface area contributed by atoms with Crippen molar-refractivity contribution in [3.63, 3.8) is 0 Å². The van der Waals surface area contributed by atoms with Crippen LogP contribution in [0.4, 0.5) is 0 Å². The molecule has 3 heterocycles. The number of hydrogen-bond acceptors (Lipinski definition) is 5. The average Bonchev–Trinajstić information content (AvgIpc) is 2.92. The highest BCUT2D eigenvalue weighted by Crippen LogP contribution is 2.29. The van der Waals surface area contributed by atoms with Gasteiger partial charge < -0.3 is 14.1 Å². The predicted octanol–water partition coefficient (Wildman–Crippen LogP) is 3.20. The van der Waals surface area contributed by atoms with Crippen LogP contribution in [0.3, 0.4) is 0 Å². The Morgan fingerprint density at radius 3 is 3.00 bits per heavy atom. The van der Waals surface area contributed by atoms with E-state index >= 15 is 0 Å². The number of ether oxygens (including phenoxy) is 1. The minimum atomic E-state index is 0.493. The minimum absolute atomic E-state index is 0.493. The van der Waals surface area contributed by atoms with Gasteiger partial charge in [0, 0.05) is 28.8 Å². The van der Waals surface area contributed by atoms with Crippen molar-refractivity contribution in [1.82, 2.24) is 9.88 Å². The fourth-order valence-corrected chi connectivity index (χ4v) is 4.33. The highest BCUT2D eigenvalue weighted by molar-refractivity contribution is 8.02. The van der Waals surface area contributed by atoms with E-state index in [4.69, 9.17) is 20.8 Å². The normalized spacial score (nSPS) is 14.6. The summed E-state index contributed by atoms with van der Waals surface area (Å²) >= 11 is 7.98. The summed E-state index contributed by atoms with van der Waals surface area (Å²) in [6, 6.07) is 2.06. The van der Waals surface area contributed by atoms with Crippen molar-refractivity contribution in [2.45, 2.75) is 17.9 Å². The third kappa shape index (κ3) is 3.92. The van der Waals surface area contributed by atoms with Gasteiger partial charge in [-0.1, -0.05) is 35.5 Å². The van der Waals surface area contributed by atoms with Crippen LogP contribution in [-0.4, -0.2) is 37.1 Å². The second kappa shape index (κ2) is 8.07. The number of furan rings is 1. The topological polar surface area (TPSA) is 38.5 Å². The van der Waals surface area contributed by atoms with Crippen LogP contribution in [0.15, 0.2) is 39.1 Å². The van der Waals surface area contributed by atoms with Crippen molar-refractivity contribution in [2.75, 3.05) is 27.2 Å². The summed E-state index contributed by atoms with van der Waals surface area (Å²) in [6.07, 6.45) is 10.9. The molecule has 2 aromatic rings. The zero-order valence-corrected chi connectivity index (χ0v) is 16.9. The molecule has 1 aliphatic carbocycles. The Hall–Kier alpha value is -1.79. The van der Waals surface area contributed by atoms with Crippen molar-refractivity contribution >= 4 is 40.5 Å². The molecule has 0 atom stereocenters. The number of aromatic nitrogens is 1. The maximum atomic E-state index is 6.34. The van der Waals surface area contributed by atoms with Gasteiger partial charge in [0.1, 0.15) is 5.42 Å². The lowest BCUT2D eigenvalue weighted by Crippen LogP contribution is -2.15. The molecule has 0 bridgehead atoms. The predicted molar refractivity (Wildman–Crippen MR) is 110 cm³/mol. The Kier molecular flexibility index (Phi) is 5.55. The maximum Gasteiger partial charge on any atom is 0.160 e. The Morgan fingerprint density at radius 1 is 1.26 bits per heavy atom. The average molecular weight is 401 g/mol. The van der Waals surface area contributed by atoms with E-state index in [0.717, 1.165) is 57.0 Å². The first-order valence-corrected chi connectivity index (χ1v) is 10.2. The Balaban J connectivity index is 1.72. The number of halogens is 1. The van der Waals surface area contributed by atoms with E-state index in [1.165, 1.54) is 0 Å². The summed E-state index contributed by atoms with van der Waals surface area (Å²) in [4.78, 5) is 7.76. The molecular weight excluding hydrogens is 380 g/mol. The van der Waals surface area contributed by atoms with Crippen LogP contribution in [0, 0.1) is 10.6 Å². The Morgan fingerprint density at radius 2 is 2.15 bits per heavy atom. The lowest BCUT2D eigenvalue weighted by molar-refractivity contribution is 0.110. The number of fused-ring (bicyclic) bond motifs is 4. The molecule has 0 spiro atoms. The zero-order valence-electron chi connectivity index (χ0n) is 15.4. The van der Waals surface area contributed by atoms with Gasteiger partial charge in [0.15, 0.2) is 5.42 Å². The summed E-state index contributed by atoms with van der Waals surface area (Å²) in [6.45, 7) is 2.23. The molecule has 4 rings (SSSR count). The number of nitrogens with zero attached hydrogens (tertiary/aromatic N) is 2. The molecule has 0 aromatic carbocycles. The van der Waals surface area contributed by atoms with Gasteiger partial charge in [0.25, 0.3) is 0 Å². The fourth-order valence-electron chi connectivity index (χ4n) is 3.12. The smallest absolute Gasteiger partial charge is 0.160 e. The Bertz CT molecular complexity index is 1130. The van der Waals surface area contributed by atoms with Crippen LogP contribution in [0.25, 0.3) is 17.2 Å². The standard InChI is InChI=1S/C21H21ClN2O2S/c1-24(2)8-4-9-25-13-15-11-17-14(12-23-15)5-3-6-16-19(17)26-20-18(22)7-10-27-21(16)20/h3,5-7,10-12H,4,8-9,13H2,1-2H3. The summed E-state index contributed by atoms with van der Waals surface area (Å²) in [5, 5.41) is 4.68. The van der Waals surface area contributed by atoms with Crippen molar-refractivity contribution in [2.24, 2.45) is 0 Å². The number of allylic oxidation sites excluding steroid dienone is 2. The van der Waals surface area contributed by atoms with E-state index < -0.39 is 0 Å². The van der Waals surface area contributed by atoms with Crippen LogP contribution < -0.4 is 10.6 Å². The lowest BCUT2D eigenvalue weighted by Gasteiger charge is -2.09. The second-order valence-electron chi connectivity index (χ2n) is 6.77. The second-order valence-corrected chi connectivity index (χ2v) is 8.09. The Labute approximate surface area is 167 Å². The molecule has 1 aliphatic heterocycles. The van der Waals surface area contributed by atoms with Gasteiger partial charge >= 0.3 is 0 Å². The minimum Gasteiger partial charge on any atom is -0.453 e. The summed E-state index contributed by atoms with van der Waals surface area (Å²) in [5.41, 5.74) is 3.54. The van der Waals surface area contributed by atoms with Crippen molar-refractivity contribution in [1.29, 1.82) is 0 Å². The molecule has 0 saturated heterocycles. The van der Waals surface area contributed by atoms with Crippen LogP contribution >= 0.6 is 23.4 Å². The molecular formula is C21H21ClN2O2S. The van der Waals surface area contributed by atoms with E-state index in [2.05, 4.69) is 42.2 Å². The first-order chi connectivity index (χ1) is 13.1. The molecule has 0 fully saturated rings. The van der Waals surface area contributed by atoms with Crippen LogP contribution in [0.2, 0.25) is 0 Å². The van der Waals surface area contributed by atoms with Crippen molar-refractivity contribution in [3.8, 4) is 0 Å². The fraction of sp³-hybridized carbons (Fsp3) is 0.286. The molecule has 27 heavy (non-hydrogen) atoms. The van der Waals surface area contributed by atoms with Crippen LogP contribution in [0.5, 0.6) is 0 Å². The molecule has 0 radical (unpaired) electrons.